The number of ether oxygens (including phenoxy) is 8. The molecule has 7 aliphatic rings. The Labute approximate surface area is 754 Å². The van der Waals surface area contributed by atoms with Crippen LogP contribution in [0.1, 0.15) is 132 Å². The molecular formula is C90H72Cl5N25O8. The average molecular weight is 1810 g/mol. The molecular weight excluding hydrogens is 1740 g/mol. The Bertz CT molecular complexity index is 6920. The first-order chi connectivity index (χ1) is 62.6. The number of aliphatic imine (C=N–C) groups is 3. The van der Waals surface area contributed by atoms with Gasteiger partial charge in [0.2, 0.25) is 23.6 Å². The van der Waals surface area contributed by atoms with Crippen LogP contribution in [0.5, 0.6) is 11.6 Å². The monoisotopic (exact) mass is 1810 g/mol. The van der Waals surface area contributed by atoms with Crippen LogP contribution in [0.15, 0.2) is 204 Å². The Morgan fingerprint density at radius 3 is 1.30 bits per heavy atom. The second kappa shape index (κ2) is 35.0. The summed E-state index contributed by atoms with van der Waals surface area (Å²) in [6, 6.07) is 45.9. The van der Waals surface area contributed by atoms with E-state index in [0.717, 1.165) is 142 Å². The molecule has 33 nitrogen and oxygen atoms in total. The van der Waals surface area contributed by atoms with E-state index in [9.17, 15) is 0 Å². The van der Waals surface area contributed by atoms with Gasteiger partial charge in [-0.2, -0.15) is 0 Å². The molecule has 0 radical (unpaired) electrons. The van der Waals surface area contributed by atoms with E-state index in [-0.39, 0.29) is 18.3 Å². The highest BCUT2D eigenvalue weighted by Gasteiger charge is 2.37. The van der Waals surface area contributed by atoms with E-state index in [0.29, 0.717) is 137 Å². The number of hydrogen-bond donors (Lipinski definition) is 0. The molecule has 128 heavy (non-hydrogen) atoms. The highest BCUT2D eigenvalue weighted by Crippen LogP contribution is 2.41. The van der Waals surface area contributed by atoms with Gasteiger partial charge in [-0.25, -0.2) is 58.6 Å². The molecule has 23 rings (SSSR count). The normalized spacial score (nSPS) is 15.3. The van der Waals surface area contributed by atoms with Crippen LogP contribution < -0.4 is 9.47 Å². The van der Waals surface area contributed by atoms with Crippen LogP contribution in [0, 0.1) is 18.8 Å². The fourth-order valence-electron chi connectivity index (χ4n) is 16.2. The molecule has 10 aromatic heterocycles. The predicted molar refractivity (Wildman–Crippen MR) is 473 cm³/mol. The molecule has 17 heterocycles. The third kappa shape index (κ3) is 15.6. The predicted octanol–water partition coefficient (Wildman–Crippen LogP) is 14.2. The Hall–Kier alpha value is -14.1. The highest BCUT2D eigenvalue weighted by molar-refractivity contribution is 6.32. The summed E-state index contributed by atoms with van der Waals surface area (Å²) in [7, 11) is 8.12. The van der Waals surface area contributed by atoms with Crippen molar-refractivity contribution in [1.29, 1.82) is 0 Å². The molecule has 0 bridgehead atoms. The summed E-state index contributed by atoms with van der Waals surface area (Å²) in [5.74, 6) is 9.10. The van der Waals surface area contributed by atoms with Crippen LogP contribution in [-0.4, -0.2) is 181 Å². The summed E-state index contributed by atoms with van der Waals surface area (Å²) in [6.07, 6.45) is 13.9. The number of benzene rings is 6. The summed E-state index contributed by atoms with van der Waals surface area (Å²) in [4.78, 5) is 41.3. The van der Waals surface area contributed by atoms with Crippen molar-refractivity contribution in [1.82, 2.24) is 108 Å². The maximum absolute atomic E-state index is 6.33. The lowest BCUT2D eigenvalue weighted by Crippen LogP contribution is -2.12. The lowest BCUT2D eigenvalue weighted by Gasteiger charge is -2.14. The Morgan fingerprint density at radius 2 is 0.828 bits per heavy atom. The lowest BCUT2D eigenvalue weighted by molar-refractivity contribution is 0.180. The molecule has 38 heteroatoms. The van der Waals surface area contributed by atoms with Crippen molar-refractivity contribution >= 4 is 75.7 Å². The topological polar surface area (TPSA) is 331 Å². The summed E-state index contributed by atoms with van der Waals surface area (Å²) in [5.41, 5.74) is 24.4. The van der Waals surface area contributed by atoms with E-state index in [1.165, 1.54) is 0 Å². The van der Waals surface area contributed by atoms with E-state index in [4.69, 9.17) is 95.9 Å². The van der Waals surface area contributed by atoms with Crippen molar-refractivity contribution in [3.05, 3.63) is 328 Å². The smallest absolute Gasteiger partial charge is 0.238 e. The number of nitrogens with zero attached hydrogens (tertiary/aromatic N) is 25. The maximum Gasteiger partial charge on any atom is 0.238 e. The molecule has 0 aliphatic carbocycles. The zero-order chi connectivity index (χ0) is 87.4. The second-order valence-electron chi connectivity index (χ2n) is 30.1. The van der Waals surface area contributed by atoms with E-state index in [2.05, 4.69) is 128 Å². The van der Waals surface area contributed by atoms with Gasteiger partial charge in [0.1, 0.15) is 88.8 Å². The molecule has 0 saturated heterocycles. The van der Waals surface area contributed by atoms with Crippen LogP contribution in [-0.2, 0) is 73.9 Å². The number of methoxy groups -OCH3 is 5. The second-order valence-corrected chi connectivity index (χ2v) is 32.3. The molecule has 0 saturated carbocycles. The fraction of sp³-hybridized carbons (Fsp3) is 0.211. The van der Waals surface area contributed by atoms with Gasteiger partial charge in [-0.3, -0.25) is 23.3 Å². The molecule has 0 spiro atoms. The van der Waals surface area contributed by atoms with Crippen LogP contribution in [0.4, 0.5) is 0 Å². The number of imidazole rings is 4. The molecule has 6 aromatic carbocycles. The first kappa shape index (κ1) is 82.2. The van der Waals surface area contributed by atoms with E-state index in [1.54, 1.807) is 79.2 Å². The van der Waals surface area contributed by atoms with Crippen LogP contribution in [0.2, 0.25) is 25.1 Å². The van der Waals surface area contributed by atoms with Crippen molar-refractivity contribution < 1.29 is 37.9 Å². The molecule has 0 amide bonds. The summed E-state index contributed by atoms with van der Waals surface area (Å²) >= 11 is 31.0. The molecule has 16 aromatic rings. The Kier molecular flexibility index (Phi) is 22.5. The zero-order valence-corrected chi connectivity index (χ0v) is 72.8. The van der Waals surface area contributed by atoms with Crippen molar-refractivity contribution in [3.8, 4) is 69.0 Å². The van der Waals surface area contributed by atoms with Crippen molar-refractivity contribution in [2.75, 3.05) is 55.2 Å². The molecule has 640 valence electrons. The standard InChI is InChI=1S/2C23H18Cl2N6O2.C22H17ClN6O2.C22H19N7O2/c2*1-32-11-16-18-9-20-22(23-26-10-21(33-23)13-2-4-14(24)5-3-13)27-12-30(20)17-7-6-15(25)8-19(17)31(18)29-28-16;1-30-12-17-20-10-19-16(6-3-14-4-8-22(31-2)24-11-14)25-13-28(19)18-7-5-15(23)9-21(18)29(20)27-26-17;1-13-5-6-15-16(8-13)29-14(10-26-27-29)9-17-20(25-12-28(15)17)22-24-11-19(31-22)21-18(30-2)4-3-7-23-21/h2*2-8,12,21H,9-11H2,1H3;4-5,7-9,11,13H,10,12H2,1-2H3;3-8,10,12,19H,9,11H2,1-2H3/t2*21-;;/m10../s1. The van der Waals surface area contributed by atoms with Gasteiger partial charge in [-0.05, 0) is 139 Å². The van der Waals surface area contributed by atoms with Crippen LogP contribution in [0.25, 0.3) is 45.5 Å². The zero-order valence-electron chi connectivity index (χ0n) is 69.0. The number of pyridine rings is 2. The van der Waals surface area contributed by atoms with Crippen molar-refractivity contribution in [2.24, 2.45) is 15.0 Å². The lowest BCUT2D eigenvalue weighted by atomic mass is 10.1. The van der Waals surface area contributed by atoms with Gasteiger partial charge in [0, 0.05) is 96.1 Å². The largest absolute Gasteiger partial charge is 0.495 e. The number of aryl methyl sites for hydroxylation is 1. The number of aromatic nitrogens is 22. The summed E-state index contributed by atoms with van der Waals surface area (Å²) in [5, 5.41) is 37.8. The third-order valence-electron chi connectivity index (χ3n) is 22.4. The SMILES string of the molecule is COCc1nnn2c1Cc1c(C#Cc3ccc(OC)nc3)ncn1-c1ccc(Cl)cc1-2.COCc1nnn2c1Cc1c(C3=NC[C@@H](c4ccc(Cl)cc4)O3)ncn1-c1ccc(Cl)cc1-2.COCc1nnn2c1Cc1c(C3=NC[C@H](c4ccc(Cl)cc4)O3)ncn1-c1ccc(Cl)cc1-2.COc1cccnc1C1CN=C(c2ncn3c2Cc2cnnn2-c2cc(C)ccc2-3)O1. The number of halogens is 5. The van der Waals surface area contributed by atoms with Gasteiger partial charge in [0.05, 0.1) is 151 Å². The van der Waals surface area contributed by atoms with Gasteiger partial charge in [0.25, 0.3) is 0 Å². The summed E-state index contributed by atoms with van der Waals surface area (Å²) in [6.45, 7) is 4.63. The van der Waals surface area contributed by atoms with Crippen LogP contribution >= 0.6 is 58.0 Å². The molecule has 0 N–H and O–H groups in total. The minimum Gasteiger partial charge on any atom is -0.495 e. The quantitative estimate of drug-likeness (QED) is 0.0913. The minimum absolute atomic E-state index is 0.178. The first-order valence-corrected chi connectivity index (χ1v) is 42.1. The number of hydrogen-bond acceptors (Lipinski definition) is 25. The number of rotatable bonds is 14. The maximum atomic E-state index is 6.33. The van der Waals surface area contributed by atoms with E-state index >= 15 is 0 Å². The van der Waals surface area contributed by atoms with Gasteiger partial charge in [-0.15, -0.1) is 20.4 Å². The van der Waals surface area contributed by atoms with E-state index < -0.39 is 0 Å². The Morgan fingerprint density at radius 1 is 0.391 bits per heavy atom. The summed E-state index contributed by atoms with van der Waals surface area (Å²) < 4.78 is 60.8. The average Bonchev–Trinajstić information content (AvgIpc) is 1.61. The molecule has 0 fully saturated rings. The number of fused-ring (bicyclic) bond motifs is 20. The first-order valence-electron chi connectivity index (χ1n) is 40.2. The van der Waals surface area contributed by atoms with Crippen molar-refractivity contribution in [2.45, 2.75) is 70.7 Å². The van der Waals surface area contributed by atoms with Gasteiger partial charge < -0.3 is 37.9 Å². The molecule has 7 aliphatic heterocycles. The minimum atomic E-state index is -0.309. The van der Waals surface area contributed by atoms with Crippen molar-refractivity contribution in [3.63, 3.8) is 0 Å². The van der Waals surface area contributed by atoms with Gasteiger partial charge in [-0.1, -0.05) is 115 Å². The van der Waals surface area contributed by atoms with Gasteiger partial charge >= 0.3 is 0 Å². The molecule has 1 unspecified atom stereocenters. The molecule has 3 atom stereocenters. The van der Waals surface area contributed by atoms with Gasteiger partial charge in [0.15, 0.2) is 6.10 Å². The highest BCUT2D eigenvalue weighted by atomic mass is 35.5. The van der Waals surface area contributed by atoms with Crippen LogP contribution in [0.3, 0.4) is 0 Å². The fourth-order valence-corrected chi connectivity index (χ4v) is 17.0. The van der Waals surface area contributed by atoms with E-state index in [1.807, 2.05) is 160 Å². The Balaban J connectivity index is 0.000000107. The third-order valence-corrected chi connectivity index (χ3v) is 23.6.